The van der Waals surface area contributed by atoms with E-state index in [9.17, 15) is 14.4 Å². The first-order chi connectivity index (χ1) is 12.9. The molecule has 2 heterocycles. The SMILES string of the molecule is CC(C)(F)c1ccc(-c2cc(NC(=O)[C@@H]3CO3)c(C#N)c3c2OCC3)cc1. The summed E-state index contributed by atoms with van der Waals surface area (Å²) in [6.07, 6.45) is 0.153. The molecule has 1 atom stereocenters. The monoisotopic (exact) mass is 366 g/mol. The van der Waals surface area contributed by atoms with Crippen molar-refractivity contribution in [2.24, 2.45) is 0 Å². The minimum atomic E-state index is -1.43. The molecule has 0 aromatic heterocycles. The van der Waals surface area contributed by atoms with Crippen LogP contribution in [0.1, 0.15) is 30.5 Å². The van der Waals surface area contributed by atoms with Crippen LogP contribution in [0.15, 0.2) is 30.3 Å². The number of hydrogen-bond acceptors (Lipinski definition) is 4. The second-order valence-electron chi connectivity index (χ2n) is 7.23. The van der Waals surface area contributed by atoms with Crippen molar-refractivity contribution >= 4 is 11.6 Å². The van der Waals surface area contributed by atoms with Crippen molar-refractivity contribution in [1.82, 2.24) is 0 Å². The van der Waals surface area contributed by atoms with Crippen LogP contribution in [0.25, 0.3) is 11.1 Å². The summed E-state index contributed by atoms with van der Waals surface area (Å²) in [6, 6.07) is 11.1. The van der Waals surface area contributed by atoms with Gasteiger partial charge >= 0.3 is 0 Å². The molecule has 0 spiro atoms. The highest BCUT2D eigenvalue weighted by atomic mass is 19.1. The quantitative estimate of drug-likeness (QED) is 0.837. The predicted molar refractivity (Wildman–Crippen MR) is 98.3 cm³/mol. The fourth-order valence-corrected chi connectivity index (χ4v) is 3.28. The molecule has 27 heavy (non-hydrogen) atoms. The normalized spacial score (nSPS) is 17.6. The smallest absolute Gasteiger partial charge is 0.255 e. The highest BCUT2D eigenvalue weighted by Crippen LogP contribution is 2.43. The molecular weight excluding hydrogens is 347 g/mol. The molecule has 1 fully saturated rings. The van der Waals surface area contributed by atoms with Crippen molar-refractivity contribution in [2.45, 2.75) is 32.0 Å². The Kier molecular flexibility index (Phi) is 4.12. The number of amides is 1. The van der Waals surface area contributed by atoms with Gasteiger partial charge in [-0.1, -0.05) is 24.3 Å². The third-order valence-corrected chi connectivity index (χ3v) is 4.85. The Labute approximate surface area is 156 Å². The predicted octanol–water partition coefficient (Wildman–Crippen LogP) is 3.70. The third kappa shape index (κ3) is 3.26. The lowest BCUT2D eigenvalue weighted by Gasteiger charge is -2.17. The lowest BCUT2D eigenvalue weighted by Crippen LogP contribution is -2.19. The number of benzene rings is 2. The molecule has 2 aliphatic rings. The number of carbonyl (C=O) groups excluding carboxylic acids is 1. The molecule has 6 heteroatoms. The molecule has 5 nitrogen and oxygen atoms in total. The molecule has 0 aliphatic carbocycles. The maximum absolute atomic E-state index is 14.1. The summed E-state index contributed by atoms with van der Waals surface area (Å²) in [5.74, 6) is 0.394. The number of epoxide rings is 1. The van der Waals surface area contributed by atoms with Gasteiger partial charge in [-0.15, -0.1) is 0 Å². The molecule has 0 bridgehead atoms. The van der Waals surface area contributed by atoms with E-state index in [1.165, 1.54) is 13.8 Å². The summed E-state index contributed by atoms with van der Waals surface area (Å²) in [6.45, 7) is 3.90. The fraction of sp³-hybridized carbons (Fsp3) is 0.333. The molecule has 2 aliphatic heterocycles. The van der Waals surface area contributed by atoms with Crippen molar-refractivity contribution in [1.29, 1.82) is 5.26 Å². The number of carbonyl (C=O) groups is 1. The van der Waals surface area contributed by atoms with E-state index in [2.05, 4.69) is 11.4 Å². The van der Waals surface area contributed by atoms with Crippen molar-refractivity contribution in [3.63, 3.8) is 0 Å². The summed E-state index contributed by atoms with van der Waals surface area (Å²) in [4.78, 5) is 12.1. The van der Waals surface area contributed by atoms with Gasteiger partial charge in [0.2, 0.25) is 0 Å². The maximum atomic E-state index is 14.1. The van der Waals surface area contributed by atoms with Gasteiger partial charge in [-0.05, 0) is 31.0 Å². The van der Waals surface area contributed by atoms with E-state index in [1.54, 1.807) is 18.2 Å². The van der Waals surface area contributed by atoms with Crippen LogP contribution >= 0.6 is 0 Å². The Morgan fingerprint density at radius 3 is 2.63 bits per heavy atom. The summed E-state index contributed by atoms with van der Waals surface area (Å²) >= 11 is 0. The van der Waals surface area contributed by atoms with Gasteiger partial charge in [-0.2, -0.15) is 5.26 Å². The van der Waals surface area contributed by atoms with Gasteiger partial charge in [0.1, 0.15) is 17.5 Å². The Balaban J connectivity index is 1.79. The average Bonchev–Trinajstić information content (AvgIpc) is 3.38. The molecule has 2 aromatic rings. The largest absolute Gasteiger partial charge is 0.492 e. The number of ether oxygens (including phenoxy) is 2. The topological polar surface area (TPSA) is 74.7 Å². The summed E-state index contributed by atoms with van der Waals surface area (Å²) in [5.41, 5.74) is 2.42. The van der Waals surface area contributed by atoms with Crippen LogP contribution in [0.5, 0.6) is 5.75 Å². The van der Waals surface area contributed by atoms with Gasteiger partial charge in [-0.3, -0.25) is 4.79 Å². The number of anilines is 1. The molecule has 0 unspecified atom stereocenters. The summed E-state index contributed by atoms with van der Waals surface area (Å²) < 4.78 is 24.9. The molecule has 0 radical (unpaired) electrons. The molecule has 2 aromatic carbocycles. The zero-order chi connectivity index (χ0) is 19.2. The van der Waals surface area contributed by atoms with Gasteiger partial charge in [0, 0.05) is 17.5 Å². The Morgan fingerprint density at radius 2 is 2.04 bits per heavy atom. The van der Waals surface area contributed by atoms with Crippen LogP contribution in [-0.2, 0) is 21.6 Å². The van der Waals surface area contributed by atoms with E-state index in [0.29, 0.717) is 42.2 Å². The van der Waals surface area contributed by atoms with Crippen LogP contribution in [0.2, 0.25) is 0 Å². The standard InChI is InChI=1S/C21H19FN2O3/c1-21(2,22)13-5-3-12(4-6-13)15-9-17(24-20(25)18-11-27-18)16(10-23)14-7-8-26-19(14)15/h3-6,9,18H,7-8,11H2,1-2H3,(H,24,25)/t18-/m0/s1. The molecule has 1 amide bonds. The zero-order valence-electron chi connectivity index (χ0n) is 15.1. The van der Waals surface area contributed by atoms with Crippen molar-refractivity contribution in [3.05, 3.63) is 47.0 Å². The van der Waals surface area contributed by atoms with E-state index in [-0.39, 0.29) is 5.91 Å². The van der Waals surface area contributed by atoms with E-state index in [4.69, 9.17) is 9.47 Å². The third-order valence-electron chi connectivity index (χ3n) is 4.85. The number of nitriles is 1. The zero-order valence-corrected chi connectivity index (χ0v) is 15.1. The number of alkyl halides is 1. The molecule has 1 N–H and O–H groups in total. The molecule has 138 valence electrons. The number of nitrogens with one attached hydrogen (secondary N) is 1. The van der Waals surface area contributed by atoms with Gasteiger partial charge in [0.15, 0.2) is 6.10 Å². The second-order valence-corrected chi connectivity index (χ2v) is 7.23. The van der Waals surface area contributed by atoms with E-state index in [1.807, 2.05) is 12.1 Å². The Bertz CT molecular complexity index is 951. The van der Waals surface area contributed by atoms with E-state index >= 15 is 0 Å². The molecule has 0 saturated carbocycles. The second kappa shape index (κ2) is 6.36. The lowest BCUT2D eigenvalue weighted by atomic mass is 9.93. The highest BCUT2D eigenvalue weighted by Gasteiger charge is 2.33. The highest BCUT2D eigenvalue weighted by molar-refractivity contribution is 5.98. The summed E-state index contributed by atoms with van der Waals surface area (Å²) in [5, 5.41) is 12.4. The first kappa shape index (κ1) is 17.5. The number of nitrogens with zero attached hydrogens (tertiary/aromatic N) is 1. The lowest BCUT2D eigenvalue weighted by molar-refractivity contribution is -0.117. The molecule has 4 rings (SSSR count). The van der Waals surface area contributed by atoms with Crippen molar-refractivity contribution in [2.75, 3.05) is 18.5 Å². The molecule has 1 saturated heterocycles. The first-order valence-corrected chi connectivity index (χ1v) is 8.83. The van der Waals surface area contributed by atoms with Crippen LogP contribution in [0.4, 0.5) is 10.1 Å². The first-order valence-electron chi connectivity index (χ1n) is 8.83. The average molecular weight is 366 g/mol. The Morgan fingerprint density at radius 1 is 1.33 bits per heavy atom. The van der Waals surface area contributed by atoms with Crippen molar-refractivity contribution in [3.8, 4) is 22.9 Å². The maximum Gasteiger partial charge on any atom is 0.255 e. The van der Waals surface area contributed by atoms with Crippen LogP contribution < -0.4 is 10.1 Å². The van der Waals surface area contributed by atoms with Gasteiger partial charge in [0.05, 0.1) is 24.5 Å². The van der Waals surface area contributed by atoms with Crippen LogP contribution in [0.3, 0.4) is 0 Å². The molecular formula is C21H19FN2O3. The Hall–Kier alpha value is -2.91. The van der Waals surface area contributed by atoms with E-state index in [0.717, 1.165) is 16.7 Å². The fourth-order valence-electron chi connectivity index (χ4n) is 3.28. The van der Waals surface area contributed by atoms with Crippen molar-refractivity contribution < 1.29 is 18.7 Å². The number of halogens is 1. The number of fused-ring (bicyclic) bond motifs is 1. The summed E-state index contributed by atoms with van der Waals surface area (Å²) in [7, 11) is 0. The van der Waals surface area contributed by atoms with E-state index < -0.39 is 11.8 Å². The van der Waals surface area contributed by atoms with Gasteiger partial charge in [0.25, 0.3) is 5.91 Å². The number of hydrogen-bond donors (Lipinski definition) is 1. The van der Waals surface area contributed by atoms with Crippen LogP contribution in [0, 0.1) is 11.3 Å². The minimum Gasteiger partial charge on any atom is -0.492 e. The van der Waals surface area contributed by atoms with Gasteiger partial charge in [-0.25, -0.2) is 4.39 Å². The number of rotatable bonds is 4. The van der Waals surface area contributed by atoms with Gasteiger partial charge < -0.3 is 14.8 Å². The van der Waals surface area contributed by atoms with Crippen LogP contribution in [-0.4, -0.2) is 25.2 Å². The minimum absolute atomic E-state index is 0.258.